The van der Waals surface area contributed by atoms with Gasteiger partial charge in [0.05, 0.1) is 12.7 Å². The lowest BCUT2D eigenvalue weighted by Gasteiger charge is -2.08. The number of carboxylic acids is 1. The molecule has 1 N–H and O–H groups in total. The van der Waals surface area contributed by atoms with Gasteiger partial charge in [0.1, 0.15) is 11.6 Å². The number of aromatic carboxylic acids is 1. The summed E-state index contributed by atoms with van der Waals surface area (Å²) in [6, 6.07) is 8.42. The SMILES string of the molecule is COc1ccc(F)c(-c2cc(Cl)cc(C(=O)O)c2)c1. The summed E-state index contributed by atoms with van der Waals surface area (Å²) in [5.74, 6) is -1.11. The summed E-state index contributed by atoms with van der Waals surface area (Å²) in [5.41, 5.74) is 0.635. The van der Waals surface area contributed by atoms with Gasteiger partial charge in [-0.15, -0.1) is 0 Å². The Balaban J connectivity index is 2.61. The molecule has 5 heteroatoms. The first kappa shape index (κ1) is 13.4. The topological polar surface area (TPSA) is 46.5 Å². The molecule has 0 atom stereocenters. The van der Waals surface area contributed by atoms with Crippen molar-refractivity contribution in [2.24, 2.45) is 0 Å². The molecule has 0 aliphatic rings. The highest BCUT2D eigenvalue weighted by molar-refractivity contribution is 6.31. The molecule has 0 fully saturated rings. The molecule has 0 spiro atoms. The number of rotatable bonds is 3. The van der Waals surface area contributed by atoms with Crippen molar-refractivity contribution in [3.8, 4) is 16.9 Å². The highest BCUT2D eigenvalue weighted by atomic mass is 35.5. The van der Waals surface area contributed by atoms with Crippen molar-refractivity contribution in [1.82, 2.24) is 0 Å². The molecule has 0 bridgehead atoms. The van der Waals surface area contributed by atoms with Crippen LogP contribution in [0.3, 0.4) is 0 Å². The molecule has 0 aliphatic heterocycles. The lowest BCUT2D eigenvalue weighted by atomic mass is 10.0. The standard InChI is InChI=1S/C14H10ClFO3/c1-19-11-2-3-13(16)12(7-11)8-4-9(14(17)18)6-10(15)5-8/h2-7H,1H3,(H,17,18). The number of benzene rings is 2. The molecule has 0 radical (unpaired) electrons. The number of hydrogen-bond donors (Lipinski definition) is 1. The van der Waals surface area contributed by atoms with Gasteiger partial charge in [0, 0.05) is 10.6 Å². The first-order valence-electron chi connectivity index (χ1n) is 5.39. The number of ether oxygens (including phenoxy) is 1. The van der Waals surface area contributed by atoms with E-state index in [0.717, 1.165) is 0 Å². The van der Waals surface area contributed by atoms with Gasteiger partial charge in [-0.2, -0.15) is 0 Å². The van der Waals surface area contributed by atoms with Gasteiger partial charge in [-0.1, -0.05) is 11.6 Å². The van der Waals surface area contributed by atoms with Crippen LogP contribution >= 0.6 is 11.6 Å². The summed E-state index contributed by atoms with van der Waals surface area (Å²) in [7, 11) is 1.47. The monoisotopic (exact) mass is 280 g/mol. The molecule has 0 heterocycles. The van der Waals surface area contributed by atoms with E-state index >= 15 is 0 Å². The van der Waals surface area contributed by atoms with Gasteiger partial charge < -0.3 is 9.84 Å². The van der Waals surface area contributed by atoms with Gasteiger partial charge in [-0.05, 0) is 42.0 Å². The Morgan fingerprint density at radius 3 is 2.63 bits per heavy atom. The predicted octanol–water partition coefficient (Wildman–Crippen LogP) is 3.85. The quantitative estimate of drug-likeness (QED) is 0.929. The van der Waals surface area contributed by atoms with E-state index in [0.29, 0.717) is 11.3 Å². The third-order valence-electron chi connectivity index (χ3n) is 2.63. The third kappa shape index (κ3) is 2.85. The summed E-state index contributed by atoms with van der Waals surface area (Å²) in [4.78, 5) is 11.0. The van der Waals surface area contributed by atoms with Crippen molar-refractivity contribution in [3.05, 3.63) is 52.8 Å². The molecule has 0 aromatic heterocycles. The Hall–Kier alpha value is -2.07. The summed E-state index contributed by atoms with van der Waals surface area (Å²) in [6.45, 7) is 0. The van der Waals surface area contributed by atoms with E-state index in [1.54, 1.807) is 0 Å². The zero-order valence-corrected chi connectivity index (χ0v) is 10.7. The Morgan fingerprint density at radius 2 is 2.00 bits per heavy atom. The van der Waals surface area contributed by atoms with Crippen molar-refractivity contribution in [2.45, 2.75) is 0 Å². The molecule has 98 valence electrons. The second-order valence-electron chi connectivity index (χ2n) is 3.88. The zero-order chi connectivity index (χ0) is 14.0. The van der Waals surface area contributed by atoms with Crippen LogP contribution in [0.2, 0.25) is 5.02 Å². The number of hydrogen-bond acceptors (Lipinski definition) is 2. The lowest BCUT2D eigenvalue weighted by Crippen LogP contribution is -1.97. The van der Waals surface area contributed by atoms with E-state index in [2.05, 4.69) is 0 Å². The Bertz CT molecular complexity index is 641. The first-order chi connectivity index (χ1) is 9.01. The second kappa shape index (κ2) is 5.28. The van der Waals surface area contributed by atoms with Crippen molar-refractivity contribution in [2.75, 3.05) is 7.11 Å². The fourth-order valence-electron chi connectivity index (χ4n) is 1.72. The molecule has 2 aromatic rings. The number of halogens is 2. The molecule has 3 nitrogen and oxygen atoms in total. The predicted molar refractivity (Wildman–Crippen MR) is 70.4 cm³/mol. The molecule has 0 saturated heterocycles. The van der Waals surface area contributed by atoms with Gasteiger partial charge in [-0.25, -0.2) is 9.18 Å². The number of methoxy groups -OCH3 is 1. The fourth-order valence-corrected chi connectivity index (χ4v) is 1.96. The summed E-state index contributed by atoms with van der Waals surface area (Å²) in [5, 5.41) is 9.21. The first-order valence-corrected chi connectivity index (χ1v) is 5.77. The lowest BCUT2D eigenvalue weighted by molar-refractivity contribution is 0.0697. The molecule has 19 heavy (non-hydrogen) atoms. The van der Waals surface area contributed by atoms with Crippen LogP contribution < -0.4 is 4.74 Å². The molecular formula is C14H10ClFO3. The van der Waals surface area contributed by atoms with Gasteiger partial charge in [0.15, 0.2) is 0 Å². The molecule has 2 rings (SSSR count). The summed E-state index contributed by atoms with van der Waals surface area (Å²) in [6.07, 6.45) is 0. The van der Waals surface area contributed by atoms with Crippen molar-refractivity contribution >= 4 is 17.6 Å². The van der Waals surface area contributed by atoms with Gasteiger partial charge in [0.2, 0.25) is 0 Å². The van der Waals surface area contributed by atoms with Crippen LogP contribution in [0.15, 0.2) is 36.4 Å². The fraction of sp³-hybridized carbons (Fsp3) is 0.0714. The smallest absolute Gasteiger partial charge is 0.335 e. The van der Waals surface area contributed by atoms with Crippen LogP contribution in [0.4, 0.5) is 4.39 Å². The van der Waals surface area contributed by atoms with Crippen LogP contribution in [0, 0.1) is 5.82 Å². The van der Waals surface area contributed by atoms with Gasteiger partial charge >= 0.3 is 5.97 Å². The highest BCUT2D eigenvalue weighted by Gasteiger charge is 2.11. The highest BCUT2D eigenvalue weighted by Crippen LogP contribution is 2.30. The minimum Gasteiger partial charge on any atom is -0.497 e. The normalized spacial score (nSPS) is 10.3. The minimum absolute atomic E-state index is 0.00437. The Kier molecular flexibility index (Phi) is 3.71. The minimum atomic E-state index is -1.12. The van der Waals surface area contributed by atoms with E-state index in [4.69, 9.17) is 21.4 Å². The van der Waals surface area contributed by atoms with E-state index in [1.165, 1.54) is 43.5 Å². The average Bonchev–Trinajstić information content (AvgIpc) is 2.38. The molecule has 0 aliphatic carbocycles. The van der Waals surface area contributed by atoms with Crippen LogP contribution in [0.25, 0.3) is 11.1 Å². The van der Waals surface area contributed by atoms with Crippen molar-refractivity contribution < 1.29 is 19.0 Å². The van der Waals surface area contributed by atoms with E-state index in [-0.39, 0.29) is 16.1 Å². The van der Waals surface area contributed by atoms with Crippen molar-refractivity contribution in [3.63, 3.8) is 0 Å². The average molecular weight is 281 g/mol. The van der Waals surface area contributed by atoms with Crippen molar-refractivity contribution in [1.29, 1.82) is 0 Å². The van der Waals surface area contributed by atoms with E-state index < -0.39 is 11.8 Å². The van der Waals surface area contributed by atoms with Crippen LogP contribution in [-0.4, -0.2) is 18.2 Å². The van der Waals surface area contributed by atoms with Gasteiger partial charge in [0.25, 0.3) is 0 Å². The number of carboxylic acid groups (broad SMARTS) is 1. The maximum absolute atomic E-state index is 13.8. The third-order valence-corrected chi connectivity index (χ3v) is 2.85. The van der Waals surface area contributed by atoms with E-state index in [1.807, 2.05) is 0 Å². The van der Waals surface area contributed by atoms with Crippen LogP contribution in [0.1, 0.15) is 10.4 Å². The molecule has 0 saturated carbocycles. The van der Waals surface area contributed by atoms with Gasteiger partial charge in [-0.3, -0.25) is 0 Å². The number of carbonyl (C=O) groups is 1. The Morgan fingerprint density at radius 1 is 1.26 bits per heavy atom. The zero-order valence-electron chi connectivity index (χ0n) is 9.98. The molecule has 0 unspecified atom stereocenters. The van der Waals surface area contributed by atoms with E-state index in [9.17, 15) is 9.18 Å². The van der Waals surface area contributed by atoms with Crippen LogP contribution in [-0.2, 0) is 0 Å². The summed E-state index contributed by atoms with van der Waals surface area (Å²) >= 11 is 5.85. The Labute approximate surface area is 114 Å². The second-order valence-corrected chi connectivity index (χ2v) is 4.32. The van der Waals surface area contributed by atoms with Crippen LogP contribution in [0.5, 0.6) is 5.75 Å². The summed E-state index contributed by atoms with van der Waals surface area (Å²) < 4.78 is 18.8. The maximum Gasteiger partial charge on any atom is 0.335 e. The largest absolute Gasteiger partial charge is 0.497 e. The molecule has 2 aromatic carbocycles. The molecular weight excluding hydrogens is 271 g/mol. The molecule has 0 amide bonds. The maximum atomic E-state index is 13.8.